The summed E-state index contributed by atoms with van der Waals surface area (Å²) in [7, 11) is 0. The first-order valence-corrected chi connectivity index (χ1v) is 11.6. The third kappa shape index (κ3) is 3.20. The fourth-order valence-electron chi connectivity index (χ4n) is 6.45. The Morgan fingerprint density at radius 2 is 1.79 bits per heavy atom. The molecule has 3 aliphatic rings. The number of hydrogen-bond acceptors (Lipinski definition) is 2. The molecule has 0 radical (unpaired) electrons. The summed E-state index contributed by atoms with van der Waals surface area (Å²) in [4.78, 5) is 18.3. The molecule has 1 amide bonds. The third-order valence-corrected chi connectivity index (χ3v) is 8.07. The smallest absolute Gasteiger partial charge is 0.226 e. The monoisotopic (exact) mass is 454 g/mol. The highest BCUT2D eigenvalue weighted by Crippen LogP contribution is 2.51. The van der Waals surface area contributed by atoms with E-state index in [0.717, 1.165) is 30.9 Å². The van der Waals surface area contributed by atoms with E-state index in [2.05, 4.69) is 4.98 Å². The predicted molar refractivity (Wildman–Crippen MR) is 118 cm³/mol. The third-order valence-electron chi connectivity index (χ3n) is 8.07. The van der Waals surface area contributed by atoms with Gasteiger partial charge in [0.25, 0.3) is 0 Å². The zero-order valence-corrected chi connectivity index (χ0v) is 18.0. The highest BCUT2D eigenvalue weighted by Gasteiger charge is 2.51. The molecule has 33 heavy (non-hydrogen) atoms. The number of nitrogens with one attached hydrogen (secondary N) is 1. The molecule has 2 bridgehead atoms. The van der Waals surface area contributed by atoms with E-state index >= 15 is 0 Å². The van der Waals surface area contributed by atoms with Crippen molar-refractivity contribution in [1.82, 2.24) is 9.88 Å². The fourth-order valence-corrected chi connectivity index (χ4v) is 6.45. The van der Waals surface area contributed by atoms with E-state index in [0.29, 0.717) is 35.4 Å². The van der Waals surface area contributed by atoms with Gasteiger partial charge < -0.3 is 15.0 Å². The van der Waals surface area contributed by atoms with Crippen molar-refractivity contribution in [3.8, 4) is 11.3 Å². The number of benzene rings is 2. The maximum atomic E-state index is 14.6. The van der Waals surface area contributed by atoms with Gasteiger partial charge in [0.15, 0.2) is 0 Å². The molecule has 2 aliphatic carbocycles. The number of fused-ring (bicyclic) bond motifs is 3. The minimum absolute atomic E-state index is 0.00122. The minimum Gasteiger partial charge on any atom is -0.394 e. The van der Waals surface area contributed by atoms with Crippen LogP contribution in [-0.2, 0) is 4.79 Å². The number of halogens is 3. The molecule has 6 rings (SSSR count). The topological polar surface area (TPSA) is 56.3 Å². The van der Waals surface area contributed by atoms with Crippen LogP contribution in [-0.4, -0.2) is 39.6 Å². The number of piperidine rings is 1. The molecule has 3 atom stereocenters. The zero-order valence-electron chi connectivity index (χ0n) is 18.0. The first kappa shape index (κ1) is 20.8. The van der Waals surface area contributed by atoms with Gasteiger partial charge in [-0.3, -0.25) is 4.79 Å². The van der Waals surface area contributed by atoms with E-state index in [1.54, 1.807) is 12.1 Å². The van der Waals surface area contributed by atoms with Gasteiger partial charge in [0.2, 0.25) is 5.91 Å². The zero-order chi connectivity index (χ0) is 22.9. The largest absolute Gasteiger partial charge is 0.394 e. The number of nitrogens with zero attached hydrogens (tertiary/aromatic N) is 1. The summed E-state index contributed by atoms with van der Waals surface area (Å²) in [6.07, 6.45) is 4.22. The van der Waals surface area contributed by atoms with Crippen molar-refractivity contribution >= 4 is 16.8 Å². The van der Waals surface area contributed by atoms with Crippen LogP contribution in [0.25, 0.3) is 22.2 Å². The molecule has 172 valence electrons. The molecule has 3 unspecified atom stereocenters. The Bertz CT molecular complexity index is 1230. The Kier molecular flexibility index (Phi) is 4.80. The molecule has 0 spiro atoms. The number of carbonyl (C=O) groups excluding carboxylic acids is 1. The second-order valence-electron chi connectivity index (χ2n) is 9.82. The Morgan fingerprint density at radius 3 is 2.52 bits per heavy atom. The standard InChI is InChI=1S/C26H25F3N2O2/c27-17-4-1-13(2-5-17)24-23(20-10-18(28)11-21(29)25(20)30-24)15-7-16(8-15)26(33)31-19-6-3-14(9-19)22(31)12-32/h1-2,4-5,10-11,14-16,19,22,30,32H,3,6-9,12H2/t14?,15-,16-,19?,22?. The average Bonchev–Trinajstić information content (AvgIpc) is 3.46. The second-order valence-corrected chi connectivity index (χ2v) is 9.82. The number of H-pyrrole nitrogens is 1. The molecule has 2 saturated carbocycles. The van der Waals surface area contributed by atoms with E-state index < -0.39 is 11.6 Å². The summed E-state index contributed by atoms with van der Waals surface area (Å²) < 4.78 is 42.2. The number of hydrogen-bond donors (Lipinski definition) is 2. The summed E-state index contributed by atoms with van der Waals surface area (Å²) in [5, 5.41) is 10.3. The minimum atomic E-state index is -0.676. The summed E-state index contributed by atoms with van der Waals surface area (Å²) in [6.45, 7) is -0.00122. The molecule has 1 saturated heterocycles. The summed E-state index contributed by atoms with van der Waals surface area (Å²) >= 11 is 0. The van der Waals surface area contributed by atoms with Crippen LogP contribution in [0.4, 0.5) is 13.2 Å². The SMILES string of the molecule is O=C([C@H]1C[C@H](c2c(-c3ccc(F)cc3)[nH]c3c(F)cc(F)cc32)C1)N1C2CCC(C2)C1CO. The number of aliphatic hydroxyl groups is 1. The number of aromatic nitrogens is 1. The molecule has 3 fully saturated rings. The number of amides is 1. The van der Waals surface area contributed by atoms with Crippen molar-refractivity contribution in [3.05, 3.63) is 59.4 Å². The van der Waals surface area contributed by atoms with Gasteiger partial charge >= 0.3 is 0 Å². The van der Waals surface area contributed by atoms with Crippen LogP contribution in [0.3, 0.4) is 0 Å². The van der Waals surface area contributed by atoms with Gasteiger partial charge in [-0.1, -0.05) is 0 Å². The maximum Gasteiger partial charge on any atom is 0.226 e. The second kappa shape index (κ2) is 7.62. The van der Waals surface area contributed by atoms with Crippen molar-refractivity contribution in [2.45, 2.75) is 50.1 Å². The van der Waals surface area contributed by atoms with Crippen molar-refractivity contribution < 1.29 is 23.1 Å². The first-order chi connectivity index (χ1) is 15.9. The van der Waals surface area contributed by atoms with Crippen molar-refractivity contribution in [2.24, 2.45) is 11.8 Å². The summed E-state index contributed by atoms with van der Waals surface area (Å²) in [6, 6.07) is 8.23. The Hall–Kier alpha value is -2.80. The average molecular weight is 454 g/mol. The van der Waals surface area contributed by atoms with Crippen molar-refractivity contribution in [3.63, 3.8) is 0 Å². The van der Waals surface area contributed by atoms with Gasteiger partial charge in [-0.15, -0.1) is 0 Å². The van der Waals surface area contributed by atoms with E-state index in [9.17, 15) is 23.1 Å². The Morgan fingerprint density at radius 1 is 1.03 bits per heavy atom. The fraction of sp³-hybridized carbons (Fsp3) is 0.423. The number of aliphatic hydroxyl groups excluding tert-OH is 1. The van der Waals surface area contributed by atoms with Gasteiger partial charge in [-0.25, -0.2) is 13.2 Å². The van der Waals surface area contributed by atoms with Crippen LogP contribution in [0.2, 0.25) is 0 Å². The van der Waals surface area contributed by atoms with Gasteiger partial charge in [0.1, 0.15) is 17.5 Å². The highest BCUT2D eigenvalue weighted by molar-refractivity contribution is 5.92. The van der Waals surface area contributed by atoms with E-state index in [4.69, 9.17) is 0 Å². The van der Waals surface area contributed by atoms with Crippen LogP contribution in [0.15, 0.2) is 36.4 Å². The summed E-state index contributed by atoms with van der Waals surface area (Å²) in [5.41, 5.74) is 2.33. The molecule has 1 aliphatic heterocycles. The van der Waals surface area contributed by atoms with E-state index in [1.807, 2.05) is 4.90 Å². The molecule has 2 aromatic carbocycles. The number of aromatic amines is 1. The van der Waals surface area contributed by atoms with Gasteiger partial charge in [-0.2, -0.15) is 0 Å². The molecule has 1 aromatic heterocycles. The van der Waals surface area contributed by atoms with E-state index in [1.165, 1.54) is 18.2 Å². The lowest BCUT2D eigenvalue weighted by Crippen LogP contribution is -2.51. The van der Waals surface area contributed by atoms with Crippen LogP contribution < -0.4 is 0 Å². The predicted octanol–water partition coefficient (Wildman–Crippen LogP) is 5.12. The molecule has 3 aromatic rings. The van der Waals surface area contributed by atoms with E-state index in [-0.39, 0.29) is 47.8 Å². The van der Waals surface area contributed by atoms with Crippen LogP contribution in [0.1, 0.15) is 43.6 Å². The first-order valence-electron chi connectivity index (χ1n) is 11.6. The maximum absolute atomic E-state index is 14.6. The van der Waals surface area contributed by atoms with Crippen LogP contribution in [0.5, 0.6) is 0 Å². The molecule has 2 N–H and O–H groups in total. The normalized spacial score (nSPS) is 28.5. The van der Waals surface area contributed by atoms with Crippen LogP contribution in [0, 0.1) is 29.3 Å². The number of carbonyl (C=O) groups is 1. The van der Waals surface area contributed by atoms with Crippen molar-refractivity contribution in [2.75, 3.05) is 6.61 Å². The lowest BCUT2D eigenvalue weighted by atomic mass is 9.69. The summed E-state index contributed by atoms with van der Waals surface area (Å²) in [5.74, 6) is -1.42. The highest BCUT2D eigenvalue weighted by atomic mass is 19.1. The van der Waals surface area contributed by atoms with Gasteiger partial charge in [0, 0.05) is 23.4 Å². The number of likely N-dealkylation sites (tertiary alicyclic amines) is 1. The Labute approximate surface area is 189 Å². The van der Waals surface area contributed by atoms with Crippen molar-refractivity contribution in [1.29, 1.82) is 0 Å². The Balaban J connectivity index is 1.32. The molecular formula is C26H25F3N2O2. The molecular weight excluding hydrogens is 429 g/mol. The lowest BCUT2D eigenvalue weighted by molar-refractivity contribution is -0.144. The number of rotatable bonds is 4. The quantitative estimate of drug-likeness (QED) is 0.575. The van der Waals surface area contributed by atoms with Gasteiger partial charge in [-0.05, 0) is 85.4 Å². The molecule has 2 heterocycles. The molecule has 7 heteroatoms. The molecule has 4 nitrogen and oxygen atoms in total. The van der Waals surface area contributed by atoms with Crippen LogP contribution >= 0.6 is 0 Å². The van der Waals surface area contributed by atoms with Gasteiger partial charge in [0.05, 0.1) is 23.9 Å². The lowest BCUT2D eigenvalue weighted by Gasteiger charge is -2.42.